The second-order valence-electron chi connectivity index (χ2n) is 5.90. The third-order valence-corrected chi connectivity index (χ3v) is 5.27. The monoisotopic (exact) mass is 409 g/mol. The summed E-state index contributed by atoms with van der Waals surface area (Å²) in [5.74, 6) is -0.128. The van der Waals surface area contributed by atoms with Gasteiger partial charge in [0, 0.05) is 30.7 Å². The summed E-state index contributed by atoms with van der Waals surface area (Å²) >= 11 is 0. The van der Waals surface area contributed by atoms with Crippen LogP contribution in [0, 0.1) is 0 Å². The van der Waals surface area contributed by atoms with Crippen molar-refractivity contribution in [3.63, 3.8) is 0 Å². The van der Waals surface area contributed by atoms with Crippen LogP contribution < -0.4 is 4.72 Å². The molecule has 0 amide bonds. The first kappa shape index (κ1) is 19.6. The van der Waals surface area contributed by atoms with Crippen LogP contribution in [0.15, 0.2) is 65.8 Å². The van der Waals surface area contributed by atoms with Gasteiger partial charge in [0.2, 0.25) is 5.78 Å². The van der Waals surface area contributed by atoms with Crippen LogP contribution in [0.3, 0.4) is 0 Å². The molecule has 3 aromatic rings. The third kappa shape index (κ3) is 4.06. The van der Waals surface area contributed by atoms with Gasteiger partial charge in [-0.1, -0.05) is 6.07 Å². The number of benzene rings is 2. The molecule has 6 nitrogen and oxygen atoms in total. The van der Waals surface area contributed by atoms with E-state index in [1.807, 2.05) is 0 Å². The molecular weight excluding hydrogens is 395 g/mol. The number of hydrogen-bond acceptors (Lipinski definition) is 4. The fourth-order valence-corrected chi connectivity index (χ4v) is 3.56. The molecule has 3 rings (SSSR count). The number of aryl methyl sites for hydroxylation is 1. The molecule has 0 radical (unpaired) electrons. The Balaban J connectivity index is 1.82. The summed E-state index contributed by atoms with van der Waals surface area (Å²) < 4.78 is 66.9. The average molecular weight is 409 g/mol. The van der Waals surface area contributed by atoms with Crippen molar-refractivity contribution in [1.82, 2.24) is 9.55 Å². The van der Waals surface area contributed by atoms with Crippen molar-refractivity contribution < 1.29 is 26.4 Å². The SMILES string of the molecule is Cn1ccnc1C(=O)c1ccc(NS(=O)(=O)c2cccc(C(F)(F)F)c2)cc1. The molecule has 0 unspecified atom stereocenters. The molecule has 0 fully saturated rings. The summed E-state index contributed by atoms with van der Waals surface area (Å²) in [6.07, 6.45) is -1.56. The molecule has 2 aromatic carbocycles. The van der Waals surface area contributed by atoms with Crippen LogP contribution in [0.1, 0.15) is 21.7 Å². The minimum absolute atomic E-state index is 0.105. The zero-order valence-corrected chi connectivity index (χ0v) is 15.3. The van der Waals surface area contributed by atoms with E-state index in [4.69, 9.17) is 0 Å². The van der Waals surface area contributed by atoms with Gasteiger partial charge in [-0.25, -0.2) is 13.4 Å². The highest BCUT2D eigenvalue weighted by molar-refractivity contribution is 7.92. The fourth-order valence-electron chi connectivity index (χ4n) is 2.46. The molecule has 0 saturated heterocycles. The number of sulfonamides is 1. The van der Waals surface area contributed by atoms with Crippen LogP contribution in [0.2, 0.25) is 0 Å². The number of imidazole rings is 1. The fraction of sp³-hybridized carbons (Fsp3) is 0.111. The Morgan fingerprint density at radius 3 is 2.36 bits per heavy atom. The molecule has 0 aliphatic carbocycles. The molecule has 28 heavy (non-hydrogen) atoms. The van der Waals surface area contributed by atoms with Gasteiger partial charge in [0.25, 0.3) is 10.0 Å². The van der Waals surface area contributed by atoms with Crippen LogP contribution in [0.25, 0.3) is 0 Å². The van der Waals surface area contributed by atoms with Crippen LogP contribution in [-0.4, -0.2) is 23.8 Å². The standard InChI is InChI=1S/C18H14F3N3O3S/c1-24-10-9-22-17(24)16(25)12-5-7-14(8-6-12)23-28(26,27)15-4-2-3-13(11-15)18(19,20)21/h2-11,23H,1H3. The van der Waals surface area contributed by atoms with Crippen LogP contribution in [-0.2, 0) is 23.2 Å². The number of aromatic nitrogens is 2. The molecule has 0 saturated carbocycles. The molecule has 0 bridgehead atoms. The molecule has 0 aliphatic heterocycles. The van der Waals surface area contributed by atoms with Crippen molar-refractivity contribution in [2.75, 3.05) is 4.72 Å². The topological polar surface area (TPSA) is 81.1 Å². The lowest BCUT2D eigenvalue weighted by Crippen LogP contribution is -2.15. The lowest BCUT2D eigenvalue weighted by molar-refractivity contribution is -0.137. The molecule has 0 atom stereocenters. The molecule has 146 valence electrons. The van der Waals surface area contributed by atoms with Gasteiger partial charge in [0.1, 0.15) is 0 Å². The largest absolute Gasteiger partial charge is 0.416 e. The van der Waals surface area contributed by atoms with E-state index in [-0.39, 0.29) is 22.9 Å². The van der Waals surface area contributed by atoms with E-state index in [1.165, 1.54) is 30.5 Å². The Morgan fingerprint density at radius 1 is 1.11 bits per heavy atom. The Morgan fingerprint density at radius 2 is 1.79 bits per heavy atom. The summed E-state index contributed by atoms with van der Waals surface area (Å²) in [4.78, 5) is 15.8. The second kappa shape index (κ2) is 7.12. The average Bonchev–Trinajstić information content (AvgIpc) is 3.07. The maximum absolute atomic E-state index is 12.8. The summed E-state index contributed by atoms with van der Waals surface area (Å²) in [6.45, 7) is 0. The molecule has 1 heterocycles. The van der Waals surface area contributed by atoms with Crippen LogP contribution in [0.4, 0.5) is 18.9 Å². The summed E-state index contributed by atoms with van der Waals surface area (Å²) in [5, 5.41) is 0. The normalized spacial score (nSPS) is 12.0. The van der Waals surface area contributed by atoms with Gasteiger partial charge >= 0.3 is 6.18 Å². The molecule has 0 spiro atoms. The first-order valence-corrected chi connectivity index (χ1v) is 9.38. The van der Waals surface area contributed by atoms with Crippen molar-refractivity contribution in [3.8, 4) is 0 Å². The number of nitrogens with one attached hydrogen (secondary N) is 1. The smallest absolute Gasteiger partial charge is 0.331 e. The number of nitrogens with zero attached hydrogens (tertiary/aromatic N) is 2. The number of rotatable bonds is 5. The van der Waals surface area contributed by atoms with Crippen molar-refractivity contribution >= 4 is 21.5 Å². The van der Waals surface area contributed by atoms with Gasteiger partial charge in [-0.05, 0) is 42.5 Å². The summed E-state index contributed by atoms with van der Waals surface area (Å²) in [5.41, 5.74) is -0.670. The number of carbonyl (C=O) groups is 1. The van der Waals surface area contributed by atoms with Gasteiger partial charge < -0.3 is 4.57 Å². The number of alkyl halides is 3. The number of ketones is 1. The zero-order chi connectivity index (χ0) is 20.5. The van der Waals surface area contributed by atoms with Gasteiger partial charge in [-0.15, -0.1) is 0 Å². The minimum atomic E-state index is -4.65. The predicted octanol–water partition coefficient (Wildman–Crippen LogP) is 3.47. The van der Waals surface area contributed by atoms with Gasteiger partial charge in [-0.2, -0.15) is 13.2 Å². The van der Waals surface area contributed by atoms with E-state index in [9.17, 15) is 26.4 Å². The van der Waals surface area contributed by atoms with Crippen molar-refractivity contribution in [1.29, 1.82) is 0 Å². The maximum Gasteiger partial charge on any atom is 0.416 e. The molecule has 10 heteroatoms. The third-order valence-electron chi connectivity index (χ3n) is 3.90. The number of carbonyl (C=O) groups excluding carboxylic acids is 1. The van der Waals surface area contributed by atoms with E-state index in [1.54, 1.807) is 17.8 Å². The lowest BCUT2D eigenvalue weighted by atomic mass is 10.1. The zero-order valence-electron chi connectivity index (χ0n) is 14.4. The maximum atomic E-state index is 12.8. The molecule has 1 N–H and O–H groups in total. The Kier molecular flexibility index (Phi) is 4.99. The summed E-state index contributed by atoms with van der Waals surface area (Å²) in [7, 11) is -2.57. The molecule has 1 aromatic heterocycles. The van der Waals surface area contributed by atoms with E-state index < -0.39 is 26.7 Å². The Labute approximate surface area is 158 Å². The van der Waals surface area contributed by atoms with Crippen LogP contribution in [0.5, 0.6) is 0 Å². The number of anilines is 1. The molecule has 0 aliphatic rings. The quantitative estimate of drug-likeness (QED) is 0.655. The van der Waals surface area contributed by atoms with Gasteiger partial charge in [-0.3, -0.25) is 9.52 Å². The van der Waals surface area contributed by atoms with Crippen molar-refractivity contribution in [2.45, 2.75) is 11.1 Å². The second-order valence-corrected chi connectivity index (χ2v) is 7.58. The van der Waals surface area contributed by atoms with Crippen LogP contribution >= 0.6 is 0 Å². The highest BCUT2D eigenvalue weighted by Crippen LogP contribution is 2.30. The summed E-state index contributed by atoms with van der Waals surface area (Å²) in [6, 6.07) is 8.94. The highest BCUT2D eigenvalue weighted by Gasteiger charge is 2.31. The Hall–Kier alpha value is -3.14. The minimum Gasteiger partial charge on any atom is -0.331 e. The van der Waals surface area contributed by atoms with Gasteiger partial charge in [0.15, 0.2) is 5.82 Å². The lowest BCUT2D eigenvalue weighted by Gasteiger charge is -2.11. The predicted molar refractivity (Wildman–Crippen MR) is 95.3 cm³/mol. The van der Waals surface area contributed by atoms with Crippen molar-refractivity contribution in [3.05, 3.63) is 77.9 Å². The van der Waals surface area contributed by atoms with Crippen molar-refractivity contribution in [2.24, 2.45) is 7.05 Å². The first-order chi connectivity index (χ1) is 13.1. The van der Waals surface area contributed by atoms with E-state index in [0.29, 0.717) is 6.07 Å². The first-order valence-electron chi connectivity index (χ1n) is 7.90. The van der Waals surface area contributed by atoms with E-state index in [2.05, 4.69) is 9.71 Å². The van der Waals surface area contributed by atoms with E-state index >= 15 is 0 Å². The van der Waals surface area contributed by atoms with E-state index in [0.717, 1.165) is 18.2 Å². The number of hydrogen-bond donors (Lipinski definition) is 1. The Bertz CT molecular complexity index is 1120. The molecular formula is C18H14F3N3O3S. The van der Waals surface area contributed by atoms with Gasteiger partial charge in [0.05, 0.1) is 10.5 Å². The number of halogens is 3. The highest BCUT2D eigenvalue weighted by atomic mass is 32.2.